The maximum absolute atomic E-state index is 12.3. The predicted octanol–water partition coefficient (Wildman–Crippen LogP) is 2.90. The fourth-order valence-corrected chi connectivity index (χ4v) is 3.33. The predicted molar refractivity (Wildman–Crippen MR) is 71.5 cm³/mol. The molecule has 0 unspecified atom stereocenters. The molecular weight excluding hydrogens is 272 g/mol. The molecule has 0 aliphatic carbocycles. The number of thioether (sulfide) groups is 1. The van der Waals surface area contributed by atoms with Gasteiger partial charge in [0.1, 0.15) is 11.1 Å². The topological polar surface area (TPSA) is 48.0 Å². The monoisotopic (exact) mass is 278 g/mol. The highest BCUT2D eigenvalue weighted by atomic mass is 35.5. The summed E-state index contributed by atoms with van der Waals surface area (Å²) < 4.78 is 7.26. The second-order valence-corrected chi connectivity index (χ2v) is 5.62. The van der Waals surface area contributed by atoms with E-state index in [9.17, 15) is 4.79 Å². The average molecular weight is 279 g/mol. The molecule has 0 saturated carbocycles. The SMILES string of the molecule is O=c1c2oc3ccc(Cl)cc3c2nc2n1CCS2. The van der Waals surface area contributed by atoms with Gasteiger partial charge in [-0.15, -0.1) is 0 Å². The minimum atomic E-state index is -0.104. The number of furan rings is 1. The number of nitrogens with zero attached hydrogens (tertiary/aromatic N) is 2. The van der Waals surface area contributed by atoms with E-state index in [0.29, 0.717) is 28.3 Å². The molecule has 4 rings (SSSR count). The van der Waals surface area contributed by atoms with Gasteiger partial charge in [0.25, 0.3) is 5.56 Å². The summed E-state index contributed by atoms with van der Waals surface area (Å²) in [4.78, 5) is 16.8. The second-order valence-electron chi connectivity index (χ2n) is 4.12. The Hall–Kier alpha value is -1.46. The van der Waals surface area contributed by atoms with Gasteiger partial charge in [0, 0.05) is 22.7 Å². The highest BCUT2D eigenvalue weighted by Crippen LogP contribution is 2.30. The Morgan fingerprint density at radius 2 is 2.33 bits per heavy atom. The van der Waals surface area contributed by atoms with Gasteiger partial charge < -0.3 is 4.42 Å². The van der Waals surface area contributed by atoms with Crippen LogP contribution in [-0.4, -0.2) is 15.3 Å². The van der Waals surface area contributed by atoms with Crippen LogP contribution in [0.2, 0.25) is 5.02 Å². The lowest BCUT2D eigenvalue weighted by Crippen LogP contribution is -2.19. The molecule has 6 heteroatoms. The smallest absolute Gasteiger partial charge is 0.297 e. The molecule has 2 aromatic heterocycles. The Bertz CT molecular complexity index is 853. The molecule has 3 heterocycles. The van der Waals surface area contributed by atoms with E-state index in [0.717, 1.165) is 16.3 Å². The lowest BCUT2D eigenvalue weighted by molar-refractivity contribution is 0.618. The van der Waals surface area contributed by atoms with Gasteiger partial charge in [-0.3, -0.25) is 9.36 Å². The van der Waals surface area contributed by atoms with Crippen molar-refractivity contribution in [2.75, 3.05) is 5.75 Å². The van der Waals surface area contributed by atoms with E-state index in [1.165, 1.54) is 0 Å². The second kappa shape index (κ2) is 3.52. The molecule has 1 aromatic carbocycles. The van der Waals surface area contributed by atoms with Crippen molar-refractivity contribution in [2.45, 2.75) is 11.7 Å². The number of hydrogen-bond donors (Lipinski definition) is 0. The fourth-order valence-electron chi connectivity index (χ4n) is 2.21. The molecular formula is C12H7ClN2O2S. The molecule has 1 aliphatic rings. The molecule has 0 saturated heterocycles. The standard InChI is InChI=1S/C12H7ClN2O2S/c13-6-1-2-8-7(5-6)9-10(17-8)11(16)15-3-4-18-12(15)14-9/h1-2,5H,3-4H2. The number of fused-ring (bicyclic) bond motifs is 4. The van der Waals surface area contributed by atoms with Crippen LogP contribution < -0.4 is 5.56 Å². The van der Waals surface area contributed by atoms with Crippen LogP contribution in [0.25, 0.3) is 22.1 Å². The third kappa shape index (κ3) is 1.29. The number of halogens is 1. The third-order valence-corrected chi connectivity index (χ3v) is 4.24. The van der Waals surface area contributed by atoms with E-state index in [-0.39, 0.29) is 5.56 Å². The van der Waals surface area contributed by atoms with Crippen LogP contribution in [0.3, 0.4) is 0 Å². The molecule has 90 valence electrons. The number of rotatable bonds is 0. The Labute approximate surface area is 111 Å². The quantitative estimate of drug-likeness (QED) is 0.593. The normalized spacial score (nSPS) is 14.5. The van der Waals surface area contributed by atoms with Crippen LogP contribution in [-0.2, 0) is 6.54 Å². The molecule has 3 aromatic rings. The van der Waals surface area contributed by atoms with Crippen molar-refractivity contribution in [1.82, 2.24) is 9.55 Å². The first-order valence-corrected chi connectivity index (χ1v) is 6.86. The molecule has 0 fully saturated rings. The zero-order chi connectivity index (χ0) is 12.3. The van der Waals surface area contributed by atoms with Crippen LogP contribution >= 0.6 is 23.4 Å². The van der Waals surface area contributed by atoms with Crippen molar-refractivity contribution in [1.29, 1.82) is 0 Å². The van der Waals surface area contributed by atoms with Gasteiger partial charge in [0.15, 0.2) is 5.16 Å². The van der Waals surface area contributed by atoms with E-state index < -0.39 is 0 Å². The van der Waals surface area contributed by atoms with Gasteiger partial charge in [-0.05, 0) is 18.2 Å². The van der Waals surface area contributed by atoms with Crippen molar-refractivity contribution in [2.24, 2.45) is 0 Å². The first-order chi connectivity index (χ1) is 8.74. The first-order valence-electron chi connectivity index (χ1n) is 5.49. The summed E-state index contributed by atoms with van der Waals surface area (Å²) in [5.74, 6) is 0.882. The van der Waals surface area contributed by atoms with Gasteiger partial charge in [-0.2, -0.15) is 0 Å². The largest absolute Gasteiger partial charge is 0.448 e. The van der Waals surface area contributed by atoms with Gasteiger partial charge in [0.2, 0.25) is 5.58 Å². The maximum atomic E-state index is 12.3. The maximum Gasteiger partial charge on any atom is 0.297 e. The Balaban J connectivity index is 2.25. The first kappa shape index (κ1) is 10.5. The zero-order valence-corrected chi connectivity index (χ0v) is 10.7. The molecule has 0 N–H and O–H groups in total. The highest BCUT2D eigenvalue weighted by Gasteiger charge is 2.20. The number of aromatic nitrogens is 2. The van der Waals surface area contributed by atoms with E-state index in [1.807, 2.05) is 0 Å². The zero-order valence-electron chi connectivity index (χ0n) is 9.14. The molecule has 18 heavy (non-hydrogen) atoms. The van der Waals surface area contributed by atoms with Gasteiger partial charge in [0.05, 0.1) is 0 Å². The van der Waals surface area contributed by atoms with E-state index >= 15 is 0 Å². The molecule has 0 bridgehead atoms. The van der Waals surface area contributed by atoms with E-state index in [4.69, 9.17) is 16.0 Å². The molecule has 0 amide bonds. The Morgan fingerprint density at radius 1 is 1.44 bits per heavy atom. The summed E-state index contributed by atoms with van der Waals surface area (Å²) in [5.41, 5.74) is 1.47. The molecule has 1 aliphatic heterocycles. The third-order valence-electron chi connectivity index (χ3n) is 3.05. The van der Waals surface area contributed by atoms with Crippen LogP contribution in [0.1, 0.15) is 0 Å². The van der Waals surface area contributed by atoms with Gasteiger partial charge in [-0.25, -0.2) is 4.98 Å². The molecule has 4 nitrogen and oxygen atoms in total. The lowest BCUT2D eigenvalue weighted by Gasteiger charge is -1.99. The minimum absolute atomic E-state index is 0.104. The molecule has 0 atom stereocenters. The van der Waals surface area contributed by atoms with Crippen molar-refractivity contribution < 1.29 is 4.42 Å². The summed E-state index contributed by atoms with van der Waals surface area (Å²) in [7, 11) is 0. The summed E-state index contributed by atoms with van der Waals surface area (Å²) >= 11 is 7.57. The number of benzene rings is 1. The van der Waals surface area contributed by atoms with Crippen molar-refractivity contribution in [3.05, 3.63) is 33.6 Å². The van der Waals surface area contributed by atoms with Crippen LogP contribution in [0.4, 0.5) is 0 Å². The van der Waals surface area contributed by atoms with Crippen molar-refractivity contribution in [3.8, 4) is 0 Å². The highest BCUT2D eigenvalue weighted by molar-refractivity contribution is 7.99. The Morgan fingerprint density at radius 3 is 3.22 bits per heavy atom. The van der Waals surface area contributed by atoms with E-state index in [2.05, 4.69) is 4.98 Å². The summed E-state index contributed by atoms with van der Waals surface area (Å²) in [6.07, 6.45) is 0. The van der Waals surface area contributed by atoms with Crippen LogP contribution in [0.15, 0.2) is 32.6 Å². The van der Waals surface area contributed by atoms with Crippen LogP contribution in [0, 0.1) is 0 Å². The summed E-state index contributed by atoms with van der Waals surface area (Å²) in [6, 6.07) is 5.29. The van der Waals surface area contributed by atoms with Crippen molar-refractivity contribution >= 4 is 45.4 Å². The fraction of sp³-hybridized carbons (Fsp3) is 0.167. The van der Waals surface area contributed by atoms with E-state index in [1.54, 1.807) is 34.5 Å². The Kier molecular flexibility index (Phi) is 2.05. The van der Waals surface area contributed by atoms with Crippen molar-refractivity contribution in [3.63, 3.8) is 0 Å². The summed E-state index contributed by atoms with van der Waals surface area (Å²) in [5, 5.41) is 2.17. The summed E-state index contributed by atoms with van der Waals surface area (Å²) in [6.45, 7) is 0.694. The van der Waals surface area contributed by atoms with Crippen LogP contribution in [0.5, 0.6) is 0 Å². The molecule has 0 radical (unpaired) electrons. The lowest BCUT2D eigenvalue weighted by atomic mass is 10.2. The average Bonchev–Trinajstić information content (AvgIpc) is 2.95. The van der Waals surface area contributed by atoms with Gasteiger partial charge >= 0.3 is 0 Å². The van der Waals surface area contributed by atoms with Gasteiger partial charge in [-0.1, -0.05) is 23.4 Å². The number of hydrogen-bond acceptors (Lipinski definition) is 4. The minimum Gasteiger partial charge on any atom is -0.448 e. The molecule has 0 spiro atoms.